The van der Waals surface area contributed by atoms with Crippen molar-refractivity contribution in [1.82, 2.24) is 14.9 Å². The van der Waals surface area contributed by atoms with Crippen molar-refractivity contribution in [2.45, 2.75) is 18.4 Å². The number of nitrogens with two attached hydrogens (primary N) is 1. The molecular formula is C14H23N5O. The van der Waals surface area contributed by atoms with Gasteiger partial charge in [0.1, 0.15) is 0 Å². The second-order valence-electron chi connectivity index (χ2n) is 5.89. The SMILES string of the molecule is NCC(O)(CN1CCN(c2ncccn2)CC1)C1CC1. The van der Waals surface area contributed by atoms with E-state index in [9.17, 15) is 5.11 Å². The lowest BCUT2D eigenvalue weighted by Crippen LogP contribution is -2.55. The predicted octanol–water partition coefficient (Wildman–Crippen LogP) is -0.302. The molecule has 1 saturated carbocycles. The van der Waals surface area contributed by atoms with Crippen LogP contribution in [0.1, 0.15) is 12.8 Å². The van der Waals surface area contributed by atoms with E-state index >= 15 is 0 Å². The minimum absolute atomic E-state index is 0.361. The molecule has 1 aliphatic carbocycles. The molecular weight excluding hydrogens is 254 g/mol. The molecule has 0 bridgehead atoms. The van der Waals surface area contributed by atoms with Crippen LogP contribution in [0, 0.1) is 5.92 Å². The maximum atomic E-state index is 10.6. The molecule has 1 aromatic rings. The molecule has 0 radical (unpaired) electrons. The van der Waals surface area contributed by atoms with Crippen LogP contribution in [0.4, 0.5) is 5.95 Å². The maximum Gasteiger partial charge on any atom is 0.225 e. The molecule has 2 heterocycles. The van der Waals surface area contributed by atoms with Crippen LogP contribution in [0.15, 0.2) is 18.5 Å². The predicted molar refractivity (Wildman–Crippen MR) is 77.4 cm³/mol. The zero-order valence-corrected chi connectivity index (χ0v) is 11.8. The molecule has 2 fully saturated rings. The molecule has 2 aliphatic rings. The smallest absolute Gasteiger partial charge is 0.225 e. The Morgan fingerprint density at radius 3 is 2.40 bits per heavy atom. The van der Waals surface area contributed by atoms with Crippen molar-refractivity contribution in [2.75, 3.05) is 44.2 Å². The summed E-state index contributed by atoms with van der Waals surface area (Å²) in [5, 5.41) is 10.6. The number of rotatable bonds is 5. The number of hydrogen-bond donors (Lipinski definition) is 2. The summed E-state index contributed by atoms with van der Waals surface area (Å²) < 4.78 is 0. The lowest BCUT2D eigenvalue weighted by molar-refractivity contribution is -0.00946. The van der Waals surface area contributed by atoms with E-state index in [1.54, 1.807) is 12.4 Å². The second-order valence-corrected chi connectivity index (χ2v) is 5.89. The van der Waals surface area contributed by atoms with Gasteiger partial charge in [-0.1, -0.05) is 0 Å². The number of hydrogen-bond acceptors (Lipinski definition) is 6. The molecule has 3 rings (SSSR count). The summed E-state index contributed by atoms with van der Waals surface area (Å²) >= 11 is 0. The van der Waals surface area contributed by atoms with Crippen LogP contribution in [0.5, 0.6) is 0 Å². The first-order chi connectivity index (χ1) is 9.71. The first-order valence-corrected chi connectivity index (χ1v) is 7.38. The third kappa shape index (κ3) is 2.92. The maximum absolute atomic E-state index is 10.6. The van der Waals surface area contributed by atoms with Crippen LogP contribution in [0.2, 0.25) is 0 Å². The highest BCUT2D eigenvalue weighted by Gasteiger charge is 2.44. The van der Waals surface area contributed by atoms with Gasteiger partial charge in [-0.25, -0.2) is 9.97 Å². The fraction of sp³-hybridized carbons (Fsp3) is 0.714. The highest BCUT2D eigenvalue weighted by Crippen LogP contribution is 2.39. The first-order valence-electron chi connectivity index (χ1n) is 7.38. The van der Waals surface area contributed by atoms with E-state index in [-0.39, 0.29) is 0 Å². The number of aliphatic hydroxyl groups is 1. The van der Waals surface area contributed by atoms with Crippen LogP contribution in [0.3, 0.4) is 0 Å². The standard InChI is InChI=1S/C14H23N5O/c15-10-14(20,12-2-3-12)11-18-6-8-19(9-7-18)13-16-4-1-5-17-13/h1,4-5,12,20H,2-3,6-11,15H2. The number of β-amino-alcohol motifs (C(OH)–C–C–N with tert-alkyl or cyclic N) is 1. The van der Waals surface area contributed by atoms with Gasteiger partial charge in [0, 0.05) is 51.7 Å². The molecule has 1 aliphatic heterocycles. The van der Waals surface area contributed by atoms with E-state index in [1.807, 2.05) is 6.07 Å². The molecule has 3 N–H and O–H groups in total. The molecule has 6 heteroatoms. The van der Waals surface area contributed by atoms with Gasteiger partial charge in [0.05, 0.1) is 5.60 Å². The van der Waals surface area contributed by atoms with Gasteiger partial charge in [-0.15, -0.1) is 0 Å². The summed E-state index contributed by atoms with van der Waals surface area (Å²) in [6.07, 6.45) is 5.78. The zero-order chi connectivity index (χ0) is 14.0. The van der Waals surface area contributed by atoms with Crippen molar-refractivity contribution in [3.8, 4) is 0 Å². The van der Waals surface area contributed by atoms with E-state index in [0.29, 0.717) is 19.0 Å². The van der Waals surface area contributed by atoms with E-state index < -0.39 is 5.60 Å². The van der Waals surface area contributed by atoms with Crippen molar-refractivity contribution in [2.24, 2.45) is 11.7 Å². The van der Waals surface area contributed by atoms with Gasteiger partial charge >= 0.3 is 0 Å². The van der Waals surface area contributed by atoms with Gasteiger partial charge in [-0.2, -0.15) is 0 Å². The zero-order valence-electron chi connectivity index (χ0n) is 11.8. The van der Waals surface area contributed by atoms with Gasteiger partial charge < -0.3 is 15.7 Å². The summed E-state index contributed by atoms with van der Waals surface area (Å²) in [6, 6.07) is 1.83. The van der Waals surface area contributed by atoms with E-state index in [1.165, 1.54) is 0 Å². The summed E-state index contributed by atoms with van der Waals surface area (Å²) in [6.45, 7) is 4.70. The topological polar surface area (TPSA) is 78.5 Å². The minimum Gasteiger partial charge on any atom is -0.387 e. The quantitative estimate of drug-likeness (QED) is 0.769. The molecule has 1 unspecified atom stereocenters. The van der Waals surface area contributed by atoms with E-state index in [2.05, 4.69) is 19.8 Å². The van der Waals surface area contributed by atoms with Gasteiger partial charge in [0.2, 0.25) is 5.95 Å². The van der Waals surface area contributed by atoms with Gasteiger partial charge in [0.15, 0.2) is 0 Å². The Kier molecular flexibility index (Phi) is 3.87. The normalized spacial score (nSPS) is 23.6. The third-order valence-corrected chi connectivity index (χ3v) is 4.40. The Morgan fingerprint density at radius 1 is 1.20 bits per heavy atom. The summed E-state index contributed by atoms with van der Waals surface area (Å²) in [4.78, 5) is 13.1. The number of piperazine rings is 1. The largest absolute Gasteiger partial charge is 0.387 e. The Labute approximate surface area is 119 Å². The summed E-state index contributed by atoms with van der Waals surface area (Å²) in [7, 11) is 0. The molecule has 1 atom stereocenters. The fourth-order valence-electron chi connectivity index (χ4n) is 2.93. The lowest BCUT2D eigenvalue weighted by atomic mass is 9.97. The Morgan fingerprint density at radius 2 is 1.85 bits per heavy atom. The molecule has 20 heavy (non-hydrogen) atoms. The van der Waals surface area contributed by atoms with E-state index in [0.717, 1.165) is 45.0 Å². The molecule has 110 valence electrons. The molecule has 6 nitrogen and oxygen atoms in total. The van der Waals surface area contributed by atoms with Crippen LogP contribution < -0.4 is 10.6 Å². The average molecular weight is 277 g/mol. The number of nitrogens with zero attached hydrogens (tertiary/aromatic N) is 4. The fourth-order valence-corrected chi connectivity index (χ4v) is 2.93. The first kappa shape index (κ1) is 13.7. The Balaban J connectivity index is 1.53. The highest BCUT2D eigenvalue weighted by molar-refractivity contribution is 5.29. The highest BCUT2D eigenvalue weighted by atomic mass is 16.3. The summed E-state index contributed by atoms with van der Waals surface area (Å²) in [5.74, 6) is 1.20. The molecule has 0 aromatic carbocycles. The number of aromatic nitrogens is 2. The van der Waals surface area contributed by atoms with Crippen molar-refractivity contribution in [3.05, 3.63) is 18.5 Å². The van der Waals surface area contributed by atoms with Crippen molar-refractivity contribution in [3.63, 3.8) is 0 Å². The lowest BCUT2D eigenvalue weighted by Gasteiger charge is -2.39. The van der Waals surface area contributed by atoms with Crippen molar-refractivity contribution in [1.29, 1.82) is 0 Å². The second kappa shape index (κ2) is 5.63. The monoisotopic (exact) mass is 277 g/mol. The minimum atomic E-state index is -0.689. The molecule has 1 saturated heterocycles. The summed E-state index contributed by atoms with van der Waals surface area (Å²) in [5.41, 5.74) is 5.09. The van der Waals surface area contributed by atoms with Crippen molar-refractivity contribution < 1.29 is 5.11 Å². The Hall–Kier alpha value is -1.24. The molecule has 1 aromatic heterocycles. The molecule has 0 spiro atoms. The van der Waals surface area contributed by atoms with E-state index in [4.69, 9.17) is 5.73 Å². The van der Waals surface area contributed by atoms with Crippen LogP contribution in [-0.2, 0) is 0 Å². The van der Waals surface area contributed by atoms with Crippen LogP contribution in [-0.4, -0.2) is 64.8 Å². The van der Waals surface area contributed by atoms with Gasteiger partial charge in [-0.3, -0.25) is 4.90 Å². The van der Waals surface area contributed by atoms with Crippen LogP contribution >= 0.6 is 0 Å². The van der Waals surface area contributed by atoms with Crippen molar-refractivity contribution >= 4 is 5.95 Å². The van der Waals surface area contributed by atoms with Gasteiger partial charge in [-0.05, 0) is 24.8 Å². The average Bonchev–Trinajstić information content (AvgIpc) is 3.34. The van der Waals surface area contributed by atoms with Crippen LogP contribution in [0.25, 0.3) is 0 Å². The Bertz CT molecular complexity index is 430. The number of anilines is 1. The molecule has 0 amide bonds. The third-order valence-electron chi connectivity index (χ3n) is 4.40. The van der Waals surface area contributed by atoms with Gasteiger partial charge in [0.25, 0.3) is 0 Å².